The van der Waals surface area contributed by atoms with Crippen molar-refractivity contribution >= 4 is 38.3 Å². The van der Waals surface area contributed by atoms with Crippen LogP contribution in [0.15, 0.2) is 18.2 Å². The fourth-order valence-corrected chi connectivity index (χ4v) is 3.14. The number of hydrogen-bond donors (Lipinski definition) is 1. The van der Waals surface area contributed by atoms with Crippen LogP contribution in [0.4, 0.5) is 5.13 Å². The molecule has 1 atom stereocenters. The highest BCUT2D eigenvalue weighted by molar-refractivity contribution is 7.22. The first-order valence-corrected chi connectivity index (χ1v) is 7.62. The molecule has 0 fully saturated rings. The molecule has 19 heavy (non-hydrogen) atoms. The molecule has 1 aromatic heterocycles. The van der Waals surface area contributed by atoms with Gasteiger partial charge >= 0.3 is 0 Å². The molecule has 1 aromatic carbocycles. The highest BCUT2D eigenvalue weighted by Gasteiger charge is 2.16. The standard InChI is InChI=1S/C14H20ClN3S/c1-9(2)12(8-18(3)4)17-14-16-11-6-5-10(15)7-13(11)19-14/h5-7,9,12H,8H2,1-4H3,(H,16,17). The number of rotatable bonds is 5. The fourth-order valence-electron chi connectivity index (χ4n) is 1.94. The molecule has 104 valence electrons. The summed E-state index contributed by atoms with van der Waals surface area (Å²) in [4.78, 5) is 6.81. The minimum Gasteiger partial charge on any atom is -0.357 e. The maximum atomic E-state index is 6.00. The molecular formula is C14H20ClN3S. The van der Waals surface area contributed by atoms with Crippen LogP contribution in [0.1, 0.15) is 13.8 Å². The number of likely N-dealkylation sites (N-methyl/N-ethyl adjacent to an activating group) is 1. The lowest BCUT2D eigenvalue weighted by molar-refractivity contribution is 0.344. The van der Waals surface area contributed by atoms with Crippen molar-refractivity contribution in [1.82, 2.24) is 9.88 Å². The summed E-state index contributed by atoms with van der Waals surface area (Å²) in [5.41, 5.74) is 1.00. The van der Waals surface area contributed by atoms with Crippen molar-refractivity contribution in [1.29, 1.82) is 0 Å². The van der Waals surface area contributed by atoms with Gasteiger partial charge in [0.15, 0.2) is 5.13 Å². The van der Waals surface area contributed by atoms with Gasteiger partial charge in [-0.25, -0.2) is 4.98 Å². The molecule has 0 spiro atoms. The van der Waals surface area contributed by atoms with E-state index in [1.54, 1.807) is 11.3 Å². The van der Waals surface area contributed by atoms with Crippen LogP contribution in [-0.2, 0) is 0 Å². The topological polar surface area (TPSA) is 28.2 Å². The molecule has 3 nitrogen and oxygen atoms in total. The number of benzene rings is 1. The third kappa shape index (κ3) is 3.81. The van der Waals surface area contributed by atoms with Gasteiger partial charge in [0.2, 0.25) is 0 Å². The number of nitrogens with one attached hydrogen (secondary N) is 1. The Hall–Kier alpha value is -0.840. The van der Waals surface area contributed by atoms with Gasteiger partial charge in [-0.3, -0.25) is 0 Å². The van der Waals surface area contributed by atoms with E-state index in [4.69, 9.17) is 11.6 Å². The van der Waals surface area contributed by atoms with Gasteiger partial charge in [0, 0.05) is 17.6 Å². The Balaban J connectivity index is 2.19. The van der Waals surface area contributed by atoms with E-state index in [2.05, 4.69) is 43.1 Å². The lowest BCUT2D eigenvalue weighted by atomic mass is 10.0. The molecule has 1 unspecified atom stereocenters. The molecule has 0 aliphatic rings. The molecule has 0 amide bonds. The van der Waals surface area contributed by atoms with Gasteiger partial charge in [0.05, 0.1) is 10.2 Å². The maximum Gasteiger partial charge on any atom is 0.184 e. The number of nitrogens with zero attached hydrogens (tertiary/aromatic N) is 2. The van der Waals surface area contributed by atoms with Crippen molar-refractivity contribution in [2.45, 2.75) is 19.9 Å². The zero-order valence-electron chi connectivity index (χ0n) is 11.8. The van der Waals surface area contributed by atoms with Crippen LogP contribution in [0.25, 0.3) is 10.2 Å². The van der Waals surface area contributed by atoms with Crippen LogP contribution in [0.5, 0.6) is 0 Å². The van der Waals surface area contributed by atoms with E-state index in [0.29, 0.717) is 12.0 Å². The summed E-state index contributed by atoms with van der Waals surface area (Å²) < 4.78 is 1.13. The summed E-state index contributed by atoms with van der Waals surface area (Å²) >= 11 is 7.66. The summed E-state index contributed by atoms with van der Waals surface area (Å²) in [5, 5.41) is 5.27. The first kappa shape index (κ1) is 14.6. The van der Waals surface area contributed by atoms with Gasteiger partial charge in [-0.2, -0.15) is 0 Å². The summed E-state index contributed by atoms with van der Waals surface area (Å²) in [6, 6.07) is 6.21. The summed E-state index contributed by atoms with van der Waals surface area (Å²) in [6.07, 6.45) is 0. The van der Waals surface area contributed by atoms with Crippen molar-refractivity contribution in [3.8, 4) is 0 Å². The normalized spacial score (nSPS) is 13.4. The van der Waals surface area contributed by atoms with Crippen LogP contribution in [0, 0.1) is 5.92 Å². The third-order valence-electron chi connectivity index (χ3n) is 3.03. The Morgan fingerprint density at radius 2 is 2.11 bits per heavy atom. The first-order valence-electron chi connectivity index (χ1n) is 6.43. The Kier molecular flexibility index (Phi) is 4.66. The Bertz CT molecular complexity index is 551. The molecule has 0 aliphatic heterocycles. The fraction of sp³-hybridized carbons (Fsp3) is 0.500. The minimum atomic E-state index is 0.394. The molecule has 1 N–H and O–H groups in total. The largest absolute Gasteiger partial charge is 0.357 e. The number of fused-ring (bicyclic) bond motifs is 1. The second-order valence-corrected chi connectivity index (χ2v) is 6.86. The zero-order chi connectivity index (χ0) is 14.0. The Morgan fingerprint density at radius 3 is 2.74 bits per heavy atom. The molecule has 0 radical (unpaired) electrons. The molecule has 2 rings (SSSR count). The second kappa shape index (κ2) is 6.07. The van der Waals surface area contributed by atoms with Crippen LogP contribution in [0.3, 0.4) is 0 Å². The molecular weight excluding hydrogens is 278 g/mol. The first-order chi connectivity index (χ1) is 8.95. The highest BCUT2D eigenvalue weighted by atomic mass is 35.5. The van der Waals surface area contributed by atoms with Gasteiger partial charge in [-0.05, 0) is 38.2 Å². The molecule has 2 aromatic rings. The Morgan fingerprint density at radius 1 is 1.37 bits per heavy atom. The smallest absolute Gasteiger partial charge is 0.184 e. The van der Waals surface area contributed by atoms with Crippen LogP contribution in [0.2, 0.25) is 5.02 Å². The summed E-state index contributed by atoms with van der Waals surface area (Å²) in [6.45, 7) is 5.45. The van der Waals surface area contributed by atoms with Gasteiger partial charge in [-0.1, -0.05) is 36.8 Å². The quantitative estimate of drug-likeness (QED) is 0.906. The third-order valence-corrected chi connectivity index (χ3v) is 4.21. The zero-order valence-corrected chi connectivity index (χ0v) is 13.3. The van der Waals surface area contributed by atoms with Crippen molar-refractivity contribution < 1.29 is 0 Å². The number of aromatic nitrogens is 1. The van der Waals surface area contributed by atoms with Crippen LogP contribution < -0.4 is 5.32 Å². The monoisotopic (exact) mass is 297 g/mol. The van der Waals surface area contributed by atoms with E-state index in [1.165, 1.54) is 0 Å². The maximum absolute atomic E-state index is 6.00. The number of halogens is 1. The van der Waals surface area contributed by atoms with Crippen molar-refractivity contribution in [3.05, 3.63) is 23.2 Å². The molecule has 0 saturated carbocycles. The lowest BCUT2D eigenvalue weighted by Crippen LogP contribution is -2.36. The van der Waals surface area contributed by atoms with Crippen LogP contribution in [-0.4, -0.2) is 36.6 Å². The number of anilines is 1. The second-order valence-electron chi connectivity index (χ2n) is 5.39. The predicted octanol–water partition coefficient (Wildman–Crippen LogP) is 3.95. The van der Waals surface area contributed by atoms with Gasteiger partial charge in [0.1, 0.15) is 0 Å². The molecule has 5 heteroatoms. The average molecular weight is 298 g/mol. The van der Waals surface area contributed by atoms with Crippen LogP contribution >= 0.6 is 22.9 Å². The van der Waals surface area contributed by atoms with Gasteiger partial charge in [-0.15, -0.1) is 0 Å². The summed E-state index contributed by atoms with van der Waals surface area (Å²) in [7, 11) is 4.18. The lowest BCUT2D eigenvalue weighted by Gasteiger charge is -2.25. The van der Waals surface area contributed by atoms with Gasteiger partial charge < -0.3 is 10.2 Å². The van der Waals surface area contributed by atoms with Crippen molar-refractivity contribution in [3.63, 3.8) is 0 Å². The van der Waals surface area contributed by atoms with E-state index < -0.39 is 0 Å². The van der Waals surface area contributed by atoms with E-state index >= 15 is 0 Å². The van der Waals surface area contributed by atoms with E-state index in [-0.39, 0.29) is 0 Å². The average Bonchev–Trinajstić information content (AvgIpc) is 2.68. The molecule has 0 aliphatic carbocycles. The van der Waals surface area contributed by atoms with Gasteiger partial charge in [0.25, 0.3) is 0 Å². The van der Waals surface area contributed by atoms with Crippen molar-refractivity contribution in [2.24, 2.45) is 5.92 Å². The van der Waals surface area contributed by atoms with Crippen molar-refractivity contribution in [2.75, 3.05) is 26.0 Å². The molecule has 0 bridgehead atoms. The minimum absolute atomic E-state index is 0.394. The number of thiazole rings is 1. The Labute approximate surface area is 123 Å². The molecule has 0 saturated heterocycles. The molecule has 1 heterocycles. The number of hydrogen-bond acceptors (Lipinski definition) is 4. The summed E-state index contributed by atoms with van der Waals surface area (Å²) in [5.74, 6) is 0.554. The van der Waals surface area contributed by atoms with E-state index in [9.17, 15) is 0 Å². The van der Waals surface area contributed by atoms with E-state index in [0.717, 1.165) is 26.9 Å². The SMILES string of the molecule is CC(C)C(CN(C)C)Nc1nc2ccc(Cl)cc2s1. The highest BCUT2D eigenvalue weighted by Crippen LogP contribution is 2.29. The predicted molar refractivity (Wildman–Crippen MR) is 85.4 cm³/mol. The van der Waals surface area contributed by atoms with E-state index in [1.807, 2.05) is 18.2 Å².